The average molecular weight is 292 g/mol. The van der Waals surface area contributed by atoms with Gasteiger partial charge in [0.1, 0.15) is 5.69 Å². The van der Waals surface area contributed by atoms with E-state index in [1.165, 1.54) is 12.1 Å². The smallest absolute Gasteiger partial charge is 0.293 e. The summed E-state index contributed by atoms with van der Waals surface area (Å²) in [5.74, 6) is 3.98. The van der Waals surface area contributed by atoms with Crippen LogP contribution in [0.2, 0.25) is 0 Å². The third-order valence-electron chi connectivity index (χ3n) is 3.82. The molecule has 0 aliphatic carbocycles. The normalized spacial score (nSPS) is 21.8. The topological polar surface area (TPSA) is 119 Å². The lowest BCUT2D eigenvalue weighted by atomic mass is 10.00. The maximum atomic E-state index is 12.0. The highest BCUT2D eigenvalue weighted by atomic mass is 16.6. The number of likely N-dealkylation sites (tertiary alicyclic amines) is 1. The van der Waals surface area contributed by atoms with Gasteiger partial charge < -0.3 is 5.43 Å². The fourth-order valence-electron chi connectivity index (χ4n) is 2.32. The van der Waals surface area contributed by atoms with Crippen LogP contribution in [0.15, 0.2) is 18.2 Å². The molecule has 1 saturated heterocycles. The van der Waals surface area contributed by atoms with Crippen LogP contribution in [0.5, 0.6) is 0 Å². The van der Waals surface area contributed by atoms with E-state index in [1.54, 1.807) is 19.9 Å². The van der Waals surface area contributed by atoms with Crippen molar-refractivity contribution in [3.8, 4) is 0 Å². The molecule has 21 heavy (non-hydrogen) atoms. The molecule has 0 saturated carbocycles. The summed E-state index contributed by atoms with van der Waals surface area (Å²) >= 11 is 0. The largest absolute Gasteiger partial charge is 0.318 e. The molecule has 1 aliphatic heterocycles. The standard InChI is InChI=1S/C13H16N4O4/c1-7-8(2)13(19)16(12(7)18)6-9-3-4-10(15-14)11(5-9)17(20)21/h3-5,7-8,15H,6,14H2,1-2H3. The van der Waals surface area contributed by atoms with Gasteiger partial charge in [0.15, 0.2) is 0 Å². The monoisotopic (exact) mass is 292 g/mol. The highest BCUT2D eigenvalue weighted by Gasteiger charge is 2.42. The molecule has 1 aromatic rings. The molecule has 0 aromatic heterocycles. The zero-order valence-corrected chi connectivity index (χ0v) is 11.7. The van der Waals surface area contributed by atoms with Crippen molar-refractivity contribution in [3.63, 3.8) is 0 Å². The van der Waals surface area contributed by atoms with Gasteiger partial charge in [-0.1, -0.05) is 19.9 Å². The lowest BCUT2D eigenvalue weighted by Gasteiger charge is -2.15. The summed E-state index contributed by atoms with van der Waals surface area (Å²) in [6, 6.07) is 4.35. The molecule has 3 N–H and O–H groups in total. The number of nitro groups is 1. The Hall–Kier alpha value is -2.48. The fourth-order valence-corrected chi connectivity index (χ4v) is 2.32. The number of amides is 2. The summed E-state index contributed by atoms with van der Waals surface area (Å²) in [4.78, 5) is 35.6. The molecule has 2 atom stereocenters. The van der Waals surface area contributed by atoms with E-state index in [0.717, 1.165) is 4.90 Å². The molecule has 2 unspecified atom stereocenters. The molecule has 2 rings (SSSR count). The van der Waals surface area contributed by atoms with Crippen molar-refractivity contribution in [2.24, 2.45) is 17.7 Å². The molecule has 0 spiro atoms. The second-order valence-corrected chi connectivity index (χ2v) is 5.09. The first-order valence-electron chi connectivity index (χ1n) is 6.46. The minimum Gasteiger partial charge on any atom is -0.318 e. The van der Waals surface area contributed by atoms with Crippen LogP contribution >= 0.6 is 0 Å². The molecule has 1 aromatic carbocycles. The van der Waals surface area contributed by atoms with Crippen LogP contribution in [0.25, 0.3) is 0 Å². The average Bonchev–Trinajstić information content (AvgIpc) is 2.65. The van der Waals surface area contributed by atoms with Gasteiger partial charge in [-0.05, 0) is 11.6 Å². The number of benzene rings is 1. The number of carbonyl (C=O) groups excluding carboxylic acids is 2. The number of nitrogens with two attached hydrogens (primary N) is 1. The van der Waals surface area contributed by atoms with Crippen LogP contribution in [0.1, 0.15) is 19.4 Å². The highest BCUT2D eigenvalue weighted by Crippen LogP contribution is 2.29. The summed E-state index contributed by atoms with van der Waals surface area (Å²) in [6.45, 7) is 3.43. The van der Waals surface area contributed by atoms with Gasteiger partial charge in [0.25, 0.3) is 5.69 Å². The number of nitrogens with zero attached hydrogens (tertiary/aromatic N) is 2. The number of nitrogens with one attached hydrogen (secondary N) is 1. The summed E-state index contributed by atoms with van der Waals surface area (Å²) in [5.41, 5.74) is 2.72. The number of carbonyl (C=O) groups is 2. The SMILES string of the molecule is CC1C(=O)N(Cc2ccc(NN)c([N+](=O)[O-])c2)C(=O)C1C. The van der Waals surface area contributed by atoms with E-state index in [9.17, 15) is 19.7 Å². The van der Waals surface area contributed by atoms with Gasteiger partial charge in [-0.15, -0.1) is 0 Å². The van der Waals surface area contributed by atoms with Crippen molar-refractivity contribution in [3.05, 3.63) is 33.9 Å². The molecule has 1 heterocycles. The summed E-state index contributed by atoms with van der Waals surface area (Å²) in [7, 11) is 0. The minimum absolute atomic E-state index is 0.0258. The second kappa shape index (κ2) is 5.49. The zero-order chi connectivity index (χ0) is 15.7. The molecular weight excluding hydrogens is 276 g/mol. The maximum Gasteiger partial charge on any atom is 0.293 e. The lowest BCUT2D eigenvalue weighted by molar-refractivity contribution is -0.384. The minimum atomic E-state index is -0.572. The van der Waals surface area contributed by atoms with Gasteiger partial charge in [0.2, 0.25) is 11.8 Å². The zero-order valence-electron chi connectivity index (χ0n) is 11.7. The number of nitrogen functional groups attached to an aromatic ring is 1. The number of hydrogen-bond acceptors (Lipinski definition) is 6. The van der Waals surface area contributed by atoms with Crippen LogP contribution in [-0.4, -0.2) is 21.6 Å². The number of hydrogen-bond donors (Lipinski definition) is 2. The Balaban J connectivity index is 2.28. The summed E-state index contributed by atoms with van der Waals surface area (Å²) in [6.07, 6.45) is 0. The predicted molar refractivity (Wildman–Crippen MR) is 74.8 cm³/mol. The van der Waals surface area contributed by atoms with Gasteiger partial charge in [-0.25, -0.2) is 0 Å². The van der Waals surface area contributed by atoms with Crippen LogP contribution < -0.4 is 11.3 Å². The van der Waals surface area contributed by atoms with Gasteiger partial charge in [-0.2, -0.15) is 0 Å². The van der Waals surface area contributed by atoms with Crippen molar-refractivity contribution in [1.82, 2.24) is 4.90 Å². The quantitative estimate of drug-likeness (QED) is 0.370. The Labute approximate surface area is 121 Å². The lowest BCUT2D eigenvalue weighted by Crippen LogP contribution is -2.30. The first kappa shape index (κ1) is 14.9. The third kappa shape index (κ3) is 2.57. The Bertz CT molecular complexity index is 596. The van der Waals surface area contributed by atoms with E-state index in [4.69, 9.17) is 5.84 Å². The van der Waals surface area contributed by atoms with Crippen molar-refractivity contribution < 1.29 is 14.5 Å². The highest BCUT2D eigenvalue weighted by molar-refractivity contribution is 6.04. The predicted octanol–water partition coefficient (Wildman–Crippen LogP) is 1.02. The van der Waals surface area contributed by atoms with E-state index in [2.05, 4.69) is 5.43 Å². The number of hydrazine groups is 1. The van der Waals surface area contributed by atoms with E-state index in [1.807, 2.05) is 0 Å². The number of imide groups is 1. The molecule has 8 heteroatoms. The van der Waals surface area contributed by atoms with Gasteiger partial charge in [0, 0.05) is 17.9 Å². The van der Waals surface area contributed by atoms with E-state index < -0.39 is 4.92 Å². The fraction of sp³-hybridized carbons (Fsp3) is 0.385. The summed E-state index contributed by atoms with van der Waals surface area (Å²) in [5, 5.41) is 11.0. The molecule has 0 bridgehead atoms. The van der Waals surface area contributed by atoms with Gasteiger partial charge in [0.05, 0.1) is 11.5 Å². The van der Waals surface area contributed by atoms with Gasteiger partial charge >= 0.3 is 0 Å². The third-order valence-corrected chi connectivity index (χ3v) is 3.82. The van der Waals surface area contributed by atoms with Crippen molar-refractivity contribution in [2.45, 2.75) is 20.4 Å². The first-order valence-corrected chi connectivity index (χ1v) is 6.46. The Morgan fingerprint density at radius 2 is 1.86 bits per heavy atom. The molecule has 0 radical (unpaired) electrons. The number of rotatable bonds is 4. The van der Waals surface area contributed by atoms with Crippen LogP contribution in [0.3, 0.4) is 0 Å². The van der Waals surface area contributed by atoms with Gasteiger partial charge in [-0.3, -0.25) is 30.4 Å². The van der Waals surface area contributed by atoms with E-state index in [-0.39, 0.29) is 41.6 Å². The molecule has 112 valence electrons. The number of nitro benzene ring substituents is 1. The second-order valence-electron chi connectivity index (χ2n) is 5.09. The Morgan fingerprint density at radius 1 is 1.29 bits per heavy atom. The molecular formula is C13H16N4O4. The van der Waals surface area contributed by atoms with Crippen LogP contribution in [-0.2, 0) is 16.1 Å². The van der Waals surface area contributed by atoms with Crippen molar-refractivity contribution in [1.29, 1.82) is 0 Å². The summed E-state index contributed by atoms with van der Waals surface area (Å²) < 4.78 is 0. The first-order chi connectivity index (χ1) is 9.86. The molecule has 8 nitrogen and oxygen atoms in total. The maximum absolute atomic E-state index is 12.0. The molecule has 1 aliphatic rings. The number of anilines is 1. The van der Waals surface area contributed by atoms with E-state index >= 15 is 0 Å². The molecule has 1 fully saturated rings. The van der Waals surface area contributed by atoms with Crippen LogP contribution in [0.4, 0.5) is 11.4 Å². The Kier molecular flexibility index (Phi) is 3.90. The molecule has 2 amide bonds. The Morgan fingerprint density at radius 3 is 2.33 bits per heavy atom. The van der Waals surface area contributed by atoms with E-state index in [0.29, 0.717) is 5.56 Å². The van der Waals surface area contributed by atoms with Crippen LogP contribution in [0, 0.1) is 22.0 Å². The van der Waals surface area contributed by atoms with Crippen molar-refractivity contribution >= 4 is 23.2 Å². The van der Waals surface area contributed by atoms with Crippen molar-refractivity contribution in [2.75, 3.05) is 5.43 Å².